The summed E-state index contributed by atoms with van der Waals surface area (Å²) in [6.45, 7) is 5.06. The summed E-state index contributed by atoms with van der Waals surface area (Å²) < 4.78 is 5.43. The van der Waals surface area contributed by atoms with E-state index in [1.165, 1.54) is 6.07 Å². The van der Waals surface area contributed by atoms with Crippen molar-refractivity contribution in [3.05, 3.63) is 59.7 Å². The molecule has 10 heteroatoms. The molecule has 0 saturated carbocycles. The topological polar surface area (TPSA) is 146 Å². The van der Waals surface area contributed by atoms with Crippen molar-refractivity contribution in [2.45, 2.75) is 43.7 Å². The Morgan fingerprint density at radius 2 is 1.82 bits per heavy atom. The molecule has 2 aromatic rings. The number of benzene rings is 2. The van der Waals surface area contributed by atoms with Crippen LogP contribution < -0.4 is 21.7 Å². The van der Waals surface area contributed by atoms with Gasteiger partial charge in [0.25, 0.3) is 5.91 Å². The molecule has 0 aliphatic rings. The van der Waals surface area contributed by atoms with Gasteiger partial charge < -0.3 is 26.4 Å². The van der Waals surface area contributed by atoms with Crippen molar-refractivity contribution in [2.24, 2.45) is 5.73 Å². The van der Waals surface area contributed by atoms with Gasteiger partial charge in [-0.3, -0.25) is 19.8 Å². The fourth-order valence-electron chi connectivity index (χ4n) is 3.06. The lowest BCUT2D eigenvalue weighted by Crippen LogP contribution is -2.39. The van der Waals surface area contributed by atoms with Gasteiger partial charge in [0, 0.05) is 16.1 Å². The minimum Gasteiger partial charge on any atom is -0.460 e. The van der Waals surface area contributed by atoms with Gasteiger partial charge in [-0.2, -0.15) is 0 Å². The predicted octanol–water partition coefficient (Wildman–Crippen LogP) is 3.03. The molecule has 2 amide bonds. The average Bonchev–Trinajstić information content (AvgIpc) is 2.75. The summed E-state index contributed by atoms with van der Waals surface area (Å²) in [5, 5.41) is 15.3. The second kappa shape index (κ2) is 12.1. The predicted molar refractivity (Wildman–Crippen MR) is 134 cm³/mol. The number of anilines is 1. The van der Waals surface area contributed by atoms with Crippen molar-refractivity contribution in [3.8, 4) is 0 Å². The normalized spacial score (nSPS) is 11.8. The summed E-state index contributed by atoms with van der Waals surface area (Å²) in [6.07, 6.45) is 1.89. The second-order valence-electron chi connectivity index (χ2n) is 8.49. The summed E-state index contributed by atoms with van der Waals surface area (Å²) >= 11 is 1.55. The lowest BCUT2D eigenvalue weighted by Gasteiger charge is -2.23. The molecule has 0 spiro atoms. The number of amides is 2. The number of esters is 1. The maximum absolute atomic E-state index is 12.7. The van der Waals surface area contributed by atoms with Gasteiger partial charge in [-0.25, -0.2) is 0 Å². The number of nitrogens with two attached hydrogens (primary N) is 1. The SMILES string of the molecule is CSc1cccc(C(CC(=O)OC(C)(C)C)NC(=O)CNC(=O)c2cccc(NC(=N)N)c2)c1. The first kappa shape index (κ1) is 26.7. The smallest absolute Gasteiger partial charge is 0.308 e. The minimum atomic E-state index is -0.646. The van der Waals surface area contributed by atoms with Crippen molar-refractivity contribution in [1.82, 2.24) is 10.6 Å². The fourth-order valence-corrected chi connectivity index (χ4v) is 3.53. The van der Waals surface area contributed by atoms with E-state index in [1.807, 2.05) is 30.5 Å². The van der Waals surface area contributed by atoms with E-state index in [0.29, 0.717) is 11.3 Å². The molecule has 2 rings (SSSR count). The molecule has 34 heavy (non-hydrogen) atoms. The Morgan fingerprint density at radius 1 is 1.12 bits per heavy atom. The molecule has 1 atom stereocenters. The molecular formula is C24H31N5O4S. The van der Waals surface area contributed by atoms with Gasteiger partial charge in [0.05, 0.1) is 19.0 Å². The summed E-state index contributed by atoms with van der Waals surface area (Å²) in [5.74, 6) is -1.60. The Kier molecular flexibility index (Phi) is 9.49. The van der Waals surface area contributed by atoms with Crippen LogP contribution in [-0.2, 0) is 14.3 Å². The molecule has 0 saturated heterocycles. The van der Waals surface area contributed by atoms with Gasteiger partial charge in [-0.1, -0.05) is 18.2 Å². The molecule has 0 aromatic heterocycles. The zero-order chi connectivity index (χ0) is 25.3. The largest absolute Gasteiger partial charge is 0.460 e. The van der Waals surface area contributed by atoms with Crippen LogP contribution in [0.2, 0.25) is 0 Å². The molecule has 0 aliphatic carbocycles. The quantitative estimate of drug-likeness (QED) is 0.159. The summed E-state index contributed by atoms with van der Waals surface area (Å²) in [7, 11) is 0. The van der Waals surface area contributed by atoms with Gasteiger partial charge in [0.1, 0.15) is 5.60 Å². The first-order valence-electron chi connectivity index (χ1n) is 10.6. The first-order valence-corrected chi connectivity index (χ1v) is 11.8. The van der Waals surface area contributed by atoms with Crippen molar-refractivity contribution >= 4 is 41.2 Å². The van der Waals surface area contributed by atoms with Crippen LogP contribution in [0.4, 0.5) is 5.69 Å². The lowest BCUT2D eigenvalue weighted by molar-refractivity contribution is -0.155. The highest BCUT2D eigenvalue weighted by molar-refractivity contribution is 7.98. The fraction of sp³-hybridized carbons (Fsp3) is 0.333. The zero-order valence-corrected chi connectivity index (χ0v) is 20.5. The van der Waals surface area contributed by atoms with Crippen molar-refractivity contribution in [1.29, 1.82) is 5.41 Å². The highest BCUT2D eigenvalue weighted by Crippen LogP contribution is 2.24. The van der Waals surface area contributed by atoms with E-state index in [9.17, 15) is 14.4 Å². The van der Waals surface area contributed by atoms with E-state index in [4.69, 9.17) is 15.9 Å². The maximum atomic E-state index is 12.7. The number of hydrogen-bond donors (Lipinski definition) is 5. The molecule has 0 aliphatic heterocycles. The van der Waals surface area contributed by atoms with Crippen LogP contribution in [0.15, 0.2) is 53.4 Å². The van der Waals surface area contributed by atoms with Crippen LogP contribution in [0.3, 0.4) is 0 Å². The molecule has 2 aromatic carbocycles. The zero-order valence-electron chi connectivity index (χ0n) is 19.7. The van der Waals surface area contributed by atoms with Crippen LogP contribution in [0, 0.1) is 5.41 Å². The average molecular weight is 486 g/mol. The van der Waals surface area contributed by atoms with Gasteiger partial charge in [0.15, 0.2) is 5.96 Å². The van der Waals surface area contributed by atoms with Crippen molar-refractivity contribution in [3.63, 3.8) is 0 Å². The Labute approximate surface area is 203 Å². The molecule has 0 heterocycles. The third-order valence-corrected chi connectivity index (χ3v) is 5.16. The monoisotopic (exact) mass is 485 g/mol. The van der Waals surface area contributed by atoms with Crippen molar-refractivity contribution < 1.29 is 19.1 Å². The minimum absolute atomic E-state index is 0.0481. The highest BCUT2D eigenvalue weighted by atomic mass is 32.2. The summed E-state index contributed by atoms with van der Waals surface area (Å²) in [5.41, 5.74) is 6.22. The van der Waals surface area contributed by atoms with Crippen LogP contribution in [0.5, 0.6) is 0 Å². The number of nitrogens with one attached hydrogen (secondary N) is 4. The third-order valence-electron chi connectivity index (χ3n) is 4.44. The van der Waals surface area contributed by atoms with E-state index in [-0.39, 0.29) is 18.9 Å². The summed E-state index contributed by atoms with van der Waals surface area (Å²) in [4.78, 5) is 38.6. The Bertz CT molecular complexity index is 1050. The van der Waals surface area contributed by atoms with Crippen LogP contribution >= 0.6 is 11.8 Å². The Balaban J connectivity index is 2.07. The van der Waals surface area contributed by atoms with Gasteiger partial charge in [-0.15, -0.1) is 11.8 Å². The van der Waals surface area contributed by atoms with E-state index in [1.54, 1.807) is 50.7 Å². The number of hydrogen-bond acceptors (Lipinski definition) is 6. The van der Waals surface area contributed by atoms with Gasteiger partial charge in [-0.05, 0) is 62.9 Å². The van der Waals surface area contributed by atoms with E-state index in [0.717, 1.165) is 10.5 Å². The van der Waals surface area contributed by atoms with Crippen LogP contribution in [-0.4, -0.2) is 42.1 Å². The number of thioether (sulfide) groups is 1. The molecule has 1 unspecified atom stereocenters. The Hall–Kier alpha value is -3.53. The third kappa shape index (κ3) is 9.14. The molecule has 182 valence electrons. The number of ether oxygens (including phenoxy) is 1. The number of carbonyl (C=O) groups excluding carboxylic acids is 3. The maximum Gasteiger partial charge on any atom is 0.308 e. The second-order valence-corrected chi connectivity index (χ2v) is 9.37. The molecular weight excluding hydrogens is 454 g/mol. The lowest BCUT2D eigenvalue weighted by atomic mass is 10.0. The molecule has 9 nitrogen and oxygen atoms in total. The molecule has 0 fully saturated rings. The highest BCUT2D eigenvalue weighted by Gasteiger charge is 2.23. The van der Waals surface area contributed by atoms with Crippen molar-refractivity contribution in [2.75, 3.05) is 18.1 Å². The standard InChI is InChI=1S/C24H31N5O4S/c1-24(2,3)33-21(31)13-19(15-7-6-10-18(12-15)34-4)29-20(30)14-27-22(32)16-8-5-9-17(11-16)28-23(25)26/h5-12,19H,13-14H2,1-4H3,(H,27,32)(H,29,30)(H4,25,26,28). The van der Waals surface area contributed by atoms with E-state index >= 15 is 0 Å². The first-order chi connectivity index (χ1) is 16.0. The Morgan fingerprint density at radius 3 is 2.47 bits per heavy atom. The molecule has 0 bridgehead atoms. The van der Waals surface area contributed by atoms with Gasteiger partial charge >= 0.3 is 5.97 Å². The molecule has 6 N–H and O–H groups in total. The molecule has 0 radical (unpaired) electrons. The van der Waals surface area contributed by atoms with Crippen LogP contribution in [0.1, 0.15) is 49.2 Å². The van der Waals surface area contributed by atoms with E-state index in [2.05, 4.69) is 16.0 Å². The van der Waals surface area contributed by atoms with E-state index < -0.39 is 29.4 Å². The number of rotatable bonds is 9. The van der Waals surface area contributed by atoms with Gasteiger partial charge in [0.2, 0.25) is 5.91 Å². The number of guanidine groups is 1. The number of carbonyl (C=O) groups is 3. The van der Waals surface area contributed by atoms with Crippen LogP contribution in [0.25, 0.3) is 0 Å². The summed E-state index contributed by atoms with van der Waals surface area (Å²) in [6, 6.07) is 13.3.